The zero-order chi connectivity index (χ0) is 21.0. The molecule has 1 atom stereocenters. The van der Waals surface area contributed by atoms with Crippen molar-refractivity contribution in [3.8, 4) is 5.75 Å². The number of benzene rings is 1. The first kappa shape index (κ1) is 21.1. The molecule has 1 aromatic heterocycles. The number of carbonyl (C=O) groups is 3. The van der Waals surface area contributed by atoms with Gasteiger partial charge in [-0.25, -0.2) is 0 Å². The smallest absolute Gasteiger partial charge is 0.264 e. The summed E-state index contributed by atoms with van der Waals surface area (Å²) in [6, 6.07) is 7.90. The summed E-state index contributed by atoms with van der Waals surface area (Å²) >= 11 is 7.33. The largest absolute Gasteiger partial charge is 0.495 e. The lowest BCUT2D eigenvalue weighted by atomic mass is 10.2. The molecule has 7 nitrogen and oxygen atoms in total. The van der Waals surface area contributed by atoms with E-state index in [0.717, 1.165) is 6.42 Å². The number of nitrogens with zero attached hydrogens (tertiary/aromatic N) is 2. The molecule has 0 bridgehead atoms. The third-order valence-electron chi connectivity index (χ3n) is 4.72. The molecule has 0 unspecified atom stereocenters. The second-order valence-electron chi connectivity index (χ2n) is 6.72. The van der Waals surface area contributed by atoms with Crippen molar-refractivity contribution in [3.63, 3.8) is 0 Å². The third kappa shape index (κ3) is 4.89. The Morgan fingerprint density at radius 3 is 2.83 bits per heavy atom. The molecule has 1 saturated heterocycles. The standard InChI is InChI=1S/C20H22ClN3O4S/c1-23(12-18(25)22-14-11-13(21)7-8-16(14)28-2)19(26)15-5-3-9-24(15)20(27)17-6-4-10-29-17/h4,6-8,10-11,15H,3,5,9,12H2,1-2H3,(H,22,25)/t15-/m0/s1. The van der Waals surface area contributed by atoms with Gasteiger partial charge >= 0.3 is 0 Å². The van der Waals surface area contributed by atoms with Crippen molar-refractivity contribution in [3.05, 3.63) is 45.6 Å². The van der Waals surface area contributed by atoms with Crippen LogP contribution in [0.1, 0.15) is 22.5 Å². The summed E-state index contributed by atoms with van der Waals surface area (Å²) < 4.78 is 5.21. The Labute approximate surface area is 178 Å². The lowest BCUT2D eigenvalue weighted by molar-refractivity contribution is -0.136. The van der Waals surface area contributed by atoms with Crippen LogP contribution in [0.25, 0.3) is 0 Å². The average Bonchev–Trinajstić information content (AvgIpc) is 3.39. The molecule has 0 saturated carbocycles. The number of hydrogen-bond donors (Lipinski definition) is 1. The van der Waals surface area contributed by atoms with E-state index in [1.807, 2.05) is 11.4 Å². The SMILES string of the molecule is COc1ccc(Cl)cc1NC(=O)CN(C)C(=O)[C@@H]1CCCN1C(=O)c1cccs1. The van der Waals surface area contributed by atoms with Gasteiger partial charge in [-0.15, -0.1) is 11.3 Å². The Bertz CT molecular complexity index is 903. The monoisotopic (exact) mass is 435 g/mol. The fraction of sp³-hybridized carbons (Fsp3) is 0.350. The number of rotatable bonds is 6. The quantitative estimate of drug-likeness (QED) is 0.756. The Kier molecular flexibility index (Phi) is 6.76. The number of anilines is 1. The highest BCUT2D eigenvalue weighted by Gasteiger charge is 2.36. The van der Waals surface area contributed by atoms with Gasteiger partial charge in [0.05, 0.1) is 24.2 Å². The van der Waals surface area contributed by atoms with E-state index >= 15 is 0 Å². The fourth-order valence-corrected chi connectivity index (χ4v) is 4.17. The van der Waals surface area contributed by atoms with Gasteiger partial charge in [-0.1, -0.05) is 17.7 Å². The molecule has 1 fully saturated rings. The minimum atomic E-state index is -0.553. The number of nitrogens with one attached hydrogen (secondary N) is 1. The first-order valence-electron chi connectivity index (χ1n) is 9.13. The number of amides is 3. The van der Waals surface area contributed by atoms with Crippen LogP contribution in [0, 0.1) is 0 Å². The van der Waals surface area contributed by atoms with Crippen LogP contribution in [0.15, 0.2) is 35.7 Å². The number of carbonyl (C=O) groups excluding carboxylic acids is 3. The van der Waals surface area contributed by atoms with E-state index in [2.05, 4.69) is 5.32 Å². The van der Waals surface area contributed by atoms with Crippen LogP contribution in [0.2, 0.25) is 5.02 Å². The number of likely N-dealkylation sites (tertiary alicyclic amines) is 1. The van der Waals surface area contributed by atoms with E-state index in [1.165, 1.54) is 23.3 Å². The van der Waals surface area contributed by atoms with Gasteiger partial charge in [0.1, 0.15) is 11.8 Å². The zero-order valence-electron chi connectivity index (χ0n) is 16.2. The van der Waals surface area contributed by atoms with Crippen LogP contribution in [-0.4, -0.2) is 60.8 Å². The lowest BCUT2D eigenvalue weighted by Gasteiger charge is -2.27. The number of thiophene rings is 1. The topological polar surface area (TPSA) is 79.0 Å². The highest BCUT2D eigenvalue weighted by atomic mass is 35.5. The number of hydrogen-bond acceptors (Lipinski definition) is 5. The van der Waals surface area contributed by atoms with Gasteiger partial charge in [0.2, 0.25) is 11.8 Å². The lowest BCUT2D eigenvalue weighted by Crippen LogP contribution is -2.48. The number of methoxy groups -OCH3 is 1. The molecule has 1 aliphatic rings. The first-order chi connectivity index (χ1) is 13.9. The van der Waals surface area contributed by atoms with Crippen molar-refractivity contribution >= 4 is 46.3 Å². The van der Waals surface area contributed by atoms with Crippen molar-refractivity contribution in [1.82, 2.24) is 9.80 Å². The van der Waals surface area contributed by atoms with E-state index < -0.39 is 6.04 Å². The van der Waals surface area contributed by atoms with E-state index in [9.17, 15) is 14.4 Å². The van der Waals surface area contributed by atoms with Crippen molar-refractivity contribution in [2.75, 3.05) is 32.6 Å². The zero-order valence-corrected chi connectivity index (χ0v) is 17.8. The van der Waals surface area contributed by atoms with Crippen molar-refractivity contribution in [2.24, 2.45) is 0 Å². The predicted molar refractivity (Wildman–Crippen MR) is 113 cm³/mol. The molecular formula is C20H22ClN3O4S. The maximum Gasteiger partial charge on any atom is 0.264 e. The van der Waals surface area contributed by atoms with E-state index in [-0.39, 0.29) is 24.3 Å². The summed E-state index contributed by atoms with van der Waals surface area (Å²) in [6.07, 6.45) is 1.34. The molecule has 2 aromatic rings. The maximum absolute atomic E-state index is 12.9. The van der Waals surface area contributed by atoms with Gasteiger partial charge in [-0.05, 0) is 42.5 Å². The second kappa shape index (κ2) is 9.28. The predicted octanol–water partition coefficient (Wildman–Crippen LogP) is 3.11. The summed E-state index contributed by atoms with van der Waals surface area (Å²) in [7, 11) is 3.05. The Hall–Kier alpha value is -2.58. The minimum absolute atomic E-state index is 0.141. The maximum atomic E-state index is 12.9. The highest BCUT2D eigenvalue weighted by Crippen LogP contribution is 2.28. The minimum Gasteiger partial charge on any atom is -0.495 e. The van der Waals surface area contributed by atoms with Crippen LogP contribution in [0.4, 0.5) is 5.69 Å². The van der Waals surface area contributed by atoms with Gasteiger partial charge < -0.3 is 19.9 Å². The molecule has 3 rings (SSSR count). The van der Waals surface area contributed by atoms with Gasteiger partial charge in [-0.2, -0.15) is 0 Å². The molecular weight excluding hydrogens is 414 g/mol. The van der Waals surface area contributed by atoms with E-state index in [0.29, 0.717) is 34.3 Å². The first-order valence-corrected chi connectivity index (χ1v) is 10.4. The number of likely N-dealkylation sites (N-methyl/N-ethyl adjacent to an activating group) is 1. The molecule has 9 heteroatoms. The molecule has 0 spiro atoms. The van der Waals surface area contributed by atoms with Crippen LogP contribution in [0.5, 0.6) is 5.75 Å². The highest BCUT2D eigenvalue weighted by molar-refractivity contribution is 7.12. The second-order valence-corrected chi connectivity index (χ2v) is 8.11. The van der Waals surface area contributed by atoms with Crippen LogP contribution in [-0.2, 0) is 9.59 Å². The molecule has 0 radical (unpaired) electrons. The van der Waals surface area contributed by atoms with Gasteiger partial charge in [0, 0.05) is 18.6 Å². The number of halogens is 1. The molecule has 3 amide bonds. The molecule has 1 aromatic carbocycles. The number of ether oxygens (including phenoxy) is 1. The Morgan fingerprint density at radius 2 is 2.14 bits per heavy atom. The van der Waals surface area contributed by atoms with Gasteiger partial charge in [0.15, 0.2) is 0 Å². The Morgan fingerprint density at radius 1 is 1.34 bits per heavy atom. The molecule has 29 heavy (non-hydrogen) atoms. The van der Waals surface area contributed by atoms with Crippen LogP contribution < -0.4 is 10.1 Å². The van der Waals surface area contributed by atoms with E-state index in [1.54, 1.807) is 36.2 Å². The fourth-order valence-electron chi connectivity index (χ4n) is 3.32. The summed E-state index contributed by atoms with van der Waals surface area (Å²) in [5, 5.41) is 5.01. The third-order valence-corrected chi connectivity index (χ3v) is 5.82. The van der Waals surface area contributed by atoms with Crippen molar-refractivity contribution in [1.29, 1.82) is 0 Å². The molecule has 154 valence electrons. The summed E-state index contributed by atoms with van der Waals surface area (Å²) in [5.74, 6) is -0.297. The normalized spacial score (nSPS) is 15.8. The van der Waals surface area contributed by atoms with Crippen molar-refractivity contribution < 1.29 is 19.1 Å². The van der Waals surface area contributed by atoms with Crippen molar-refractivity contribution in [2.45, 2.75) is 18.9 Å². The Balaban J connectivity index is 1.63. The molecule has 1 N–H and O–H groups in total. The molecule has 2 heterocycles. The van der Waals surface area contributed by atoms with Crippen LogP contribution >= 0.6 is 22.9 Å². The van der Waals surface area contributed by atoms with Crippen LogP contribution in [0.3, 0.4) is 0 Å². The summed E-state index contributed by atoms with van der Waals surface area (Å²) in [6.45, 7) is 0.388. The average molecular weight is 436 g/mol. The van der Waals surface area contributed by atoms with E-state index in [4.69, 9.17) is 16.3 Å². The summed E-state index contributed by atoms with van der Waals surface area (Å²) in [4.78, 5) is 41.6. The summed E-state index contributed by atoms with van der Waals surface area (Å²) in [5.41, 5.74) is 0.432. The van der Waals surface area contributed by atoms with Gasteiger partial charge in [-0.3, -0.25) is 14.4 Å². The molecule has 0 aliphatic carbocycles. The molecule has 1 aliphatic heterocycles. The van der Waals surface area contributed by atoms with Gasteiger partial charge in [0.25, 0.3) is 5.91 Å².